The Bertz CT molecular complexity index is 57.0. The summed E-state index contributed by atoms with van der Waals surface area (Å²) in [4.78, 5) is 29.0. The van der Waals surface area contributed by atoms with Crippen molar-refractivity contribution in [3.63, 3.8) is 0 Å². The SMILES string of the molecule is CC[S-].CC[S-].[Fe].[Fe].[N]=O.[N]=O.[N]=O.[N]=O. The Kier molecular flexibility index (Phi) is 2310. The molecule has 0 aliphatic rings. The fraction of sp³-hybridized carbons (Fsp3) is 1.00. The van der Waals surface area contributed by atoms with Crippen LogP contribution in [0.25, 0.3) is 0 Å². The second kappa shape index (κ2) is 661. The molecule has 0 amide bonds. The molecule has 0 saturated heterocycles. The van der Waals surface area contributed by atoms with Gasteiger partial charge in [0.25, 0.3) is 0 Å². The zero-order valence-corrected chi connectivity index (χ0v) is 12.2. The molecule has 0 aliphatic carbocycles. The molecule has 16 heavy (non-hydrogen) atoms. The first-order chi connectivity index (χ1) is 6.83. The zero-order chi connectivity index (χ0) is 13.4. The average molecular weight is 354 g/mol. The second-order valence-corrected chi connectivity index (χ2v) is 1.73. The van der Waals surface area contributed by atoms with E-state index >= 15 is 0 Å². The molecule has 0 aliphatic heterocycles. The maximum Gasteiger partial charge on any atom is 0.120 e. The van der Waals surface area contributed by atoms with Crippen LogP contribution in [0.4, 0.5) is 0 Å². The van der Waals surface area contributed by atoms with Crippen molar-refractivity contribution < 1.29 is 34.1 Å². The van der Waals surface area contributed by atoms with Gasteiger partial charge in [-0.3, -0.25) is 0 Å². The normalized spacial score (nSPS) is 3.25. The third-order valence-electron chi connectivity index (χ3n) is 0. The molecule has 0 spiro atoms. The quantitative estimate of drug-likeness (QED) is 0.414. The van der Waals surface area contributed by atoms with Crippen molar-refractivity contribution in [1.29, 1.82) is 0 Å². The molecule has 0 N–H and O–H groups in total. The third-order valence-corrected chi connectivity index (χ3v) is 0. The first-order valence-corrected chi connectivity index (χ1v) is 3.88. The van der Waals surface area contributed by atoms with Crippen LogP contribution in [0.15, 0.2) is 0 Å². The van der Waals surface area contributed by atoms with Crippen molar-refractivity contribution in [3.8, 4) is 0 Å². The van der Waals surface area contributed by atoms with E-state index in [2.05, 4.69) is 25.3 Å². The van der Waals surface area contributed by atoms with Crippen molar-refractivity contribution in [2.45, 2.75) is 13.8 Å². The number of nitroso groups, excluding NO2 is 4. The summed E-state index contributed by atoms with van der Waals surface area (Å²) in [5, 5.41) is 0. The number of hydrogen-bond donors (Lipinski definition) is 0. The van der Waals surface area contributed by atoms with E-state index in [0.717, 1.165) is 11.5 Å². The molecule has 0 unspecified atom stereocenters. The molecular formula is C4H10Fe2N4O4S2-2. The van der Waals surface area contributed by atoms with E-state index in [-0.39, 0.29) is 34.1 Å². The van der Waals surface area contributed by atoms with E-state index in [1.54, 1.807) is 0 Å². The summed E-state index contributed by atoms with van der Waals surface area (Å²) >= 11 is 8.79. The Morgan fingerprint density at radius 3 is 0.625 bits per heavy atom. The van der Waals surface area contributed by atoms with Crippen molar-refractivity contribution >= 4 is 25.3 Å². The van der Waals surface area contributed by atoms with Gasteiger partial charge in [-0.2, -0.15) is 11.5 Å². The smallest absolute Gasteiger partial charge is 0.120 e. The molecule has 0 atom stereocenters. The van der Waals surface area contributed by atoms with E-state index < -0.39 is 0 Å². The van der Waals surface area contributed by atoms with Gasteiger partial charge in [0.2, 0.25) is 0 Å². The molecule has 0 bridgehead atoms. The van der Waals surface area contributed by atoms with Gasteiger partial charge < -0.3 is 25.3 Å². The largest absolute Gasteiger partial charge is 0.793 e. The predicted octanol–water partition coefficient (Wildman–Crippen LogP) is -0.687. The van der Waals surface area contributed by atoms with Gasteiger partial charge in [0.1, 0.15) is 22.4 Å². The molecule has 0 aromatic rings. The van der Waals surface area contributed by atoms with Gasteiger partial charge in [-0.1, -0.05) is 13.8 Å². The van der Waals surface area contributed by atoms with Gasteiger partial charge in [0.05, 0.1) is 0 Å². The molecule has 0 aromatic heterocycles. The van der Waals surface area contributed by atoms with E-state index in [1.165, 1.54) is 0 Å². The van der Waals surface area contributed by atoms with Crippen LogP contribution in [0.5, 0.6) is 0 Å². The topological polar surface area (TPSA) is 157 Å². The molecule has 0 rings (SSSR count). The third kappa shape index (κ3) is 126000. The minimum absolute atomic E-state index is 0. The van der Waals surface area contributed by atoms with Crippen LogP contribution in [-0.4, -0.2) is 11.5 Å². The van der Waals surface area contributed by atoms with Crippen LogP contribution >= 0.6 is 0 Å². The van der Waals surface area contributed by atoms with Crippen molar-refractivity contribution in [2.75, 3.05) is 11.5 Å². The summed E-state index contributed by atoms with van der Waals surface area (Å²) < 4.78 is 0. The summed E-state index contributed by atoms with van der Waals surface area (Å²) in [6.07, 6.45) is 0. The summed E-state index contributed by atoms with van der Waals surface area (Å²) in [6, 6.07) is 0. The van der Waals surface area contributed by atoms with Gasteiger partial charge in [-0.25, -0.2) is 0 Å². The van der Waals surface area contributed by atoms with Gasteiger partial charge in [-0.05, 0) is 0 Å². The number of nitrogens with zero attached hydrogens (tertiary/aromatic N) is 4. The van der Waals surface area contributed by atoms with E-state index in [4.69, 9.17) is 42.0 Å². The van der Waals surface area contributed by atoms with Crippen LogP contribution in [0.1, 0.15) is 13.8 Å². The van der Waals surface area contributed by atoms with Gasteiger partial charge in [0.15, 0.2) is 0 Å². The van der Waals surface area contributed by atoms with Crippen LogP contribution < -0.4 is 22.4 Å². The first-order valence-electron chi connectivity index (χ1n) is 2.72. The number of hydrogen-bond acceptors (Lipinski definition) is 6. The predicted molar refractivity (Wildman–Crippen MR) is 57.8 cm³/mol. The van der Waals surface area contributed by atoms with Crippen molar-refractivity contribution in [1.82, 2.24) is 22.4 Å². The molecule has 0 saturated carbocycles. The second-order valence-electron chi connectivity index (χ2n) is 0.577. The van der Waals surface area contributed by atoms with Crippen LogP contribution in [0.3, 0.4) is 0 Å². The zero-order valence-electron chi connectivity index (χ0n) is 8.36. The fourth-order valence-electron chi connectivity index (χ4n) is 0. The van der Waals surface area contributed by atoms with E-state index in [9.17, 15) is 0 Å². The molecule has 100 valence electrons. The monoisotopic (exact) mass is 354 g/mol. The Morgan fingerprint density at radius 1 is 0.625 bits per heavy atom. The Labute approximate surface area is 126 Å². The maximum atomic E-state index is 7.25. The van der Waals surface area contributed by atoms with Crippen LogP contribution in [0, 0.1) is 19.6 Å². The molecule has 4 radical (unpaired) electrons. The summed E-state index contributed by atoms with van der Waals surface area (Å²) in [7, 11) is 0. The van der Waals surface area contributed by atoms with E-state index in [1.807, 2.05) is 13.8 Å². The molecule has 0 aromatic carbocycles. The van der Waals surface area contributed by atoms with Crippen molar-refractivity contribution in [2.24, 2.45) is 0 Å². The Hall–Kier alpha value is 0.139. The first kappa shape index (κ1) is 55.8. The standard InChI is InChI=1S/2C2H6S.2Fe.4NO/c2*1-2-3;;;4*1-2/h2*3H,2H2,1H3;;;;;;/p-2. The minimum Gasteiger partial charge on any atom is -0.793 e. The number of rotatable bonds is 0. The molecule has 8 nitrogen and oxygen atoms in total. The summed E-state index contributed by atoms with van der Waals surface area (Å²) in [5.41, 5.74) is 23.0. The average Bonchev–Trinajstić information content (AvgIpc) is 2.31. The van der Waals surface area contributed by atoms with Crippen LogP contribution in [0.2, 0.25) is 0 Å². The molecule has 0 heterocycles. The minimum atomic E-state index is 0. The van der Waals surface area contributed by atoms with Crippen molar-refractivity contribution in [3.05, 3.63) is 19.6 Å². The molecule has 0 fully saturated rings. The summed E-state index contributed by atoms with van der Waals surface area (Å²) in [6.45, 7) is 3.88. The Morgan fingerprint density at radius 2 is 0.625 bits per heavy atom. The van der Waals surface area contributed by atoms with Crippen LogP contribution in [-0.2, 0) is 59.4 Å². The fourth-order valence-corrected chi connectivity index (χ4v) is 0. The van der Waals surface area contributed by atoms with Gasteiger partial charge in [-0.15, -0.1) is 19.6 Å². The molecular weight excluding hydrogens is 344 g/mol. The van der Waals surface area contributed by atoms with Gasteiger partial charge >= 0.3 is 0 Å². The molecule has 12 heteroatoms. The van der Waals surface area contributed by atoms with Gasteiger partial charge in [0, 0.05) is 34.1 Å². The van der Waals surface area contributed by atoms with E-state index in [0.29, 0.717) is 0 Å². The Balaban J connectivity index is -0.00000000791. The maximum absolute atomic E-state index is 7.25. The summed E-state index contributed by atoms with van der Waals surface area (Å²) in [5.74, 6) is 1.67.